The standard InChI is InChI=1S/C17H18N4O4/c1-3-12(16(23)24)21-14-13(15(22)19(2)17(21)25)20(10-18-14)9-11-7-5-4-6-8-11/h4-8,10,12H,3,9H2,1-2H3,(H,23,24)/p-1. The van der Waals surface area contributed by atoms with E-state index in [0.29, 0.717) is 6.54 Å². The summed E-state index contributed by atoms with van der Waals surface area (Å²) in [4.78, 5) is 40.6. The normalized spacial score (nSPS) is 12.4. The van der Waals surface area contributed by atoms with Crippen LogP contribution in [0.3, 0.4) is 0 Å². The van der Waals surface area contributed by atoms with Gasteiger partial charge in [0.1, 0.15) is 0 Å². The van der Waals surface area contributed by atoms with E-state index in [1.165, 1.54) is 13.4 Å². The Kier molecular flexibility index (Phi) is 4.26. The number of aromatic nitrogens is 4. The van der Waals surface area contributed by atoms with E-state index in [2.05, 4.69) is 4.98 Å². The van der Waals surface area contributed by atoms with E-state index in [-0.39, 0.29) is 17.6 Å². The lowest BCUT2D eigenvalue weighted by atomic mass is 10.2. The van der Waals surface area contributed by atoms with Gasteiger partial charge in [-0.05, 0) is 12.0 Å². The molecule has 0 radical (unpaired) electrons. The lowest BCUT2D eigenvalue weighted by Gasteiger charge is -2.20. The molecular formula is C17H17N4O4-. The van der Waals surface area contributed by atoms with E-state index < -0.39 is 23.3 Å². The van der Waals surface area contributed by atoms with E-state index in [0.717, 1.165) is 14.7 Å². The predicted octanol–water partition coefficient (Wildman–Crippen LogP) is -0.354. The molecule has 0 aliphatic carbocycles. The summed E-state index contributed by atoms with van der Waals surface area (Å²) < 4.78 is 3.54. The van der Waals surface area contributed by atoms with Crippen LogP contribution in [0.5, 0.6) is 0 Å². The van der Waals surface area contributed by atoms with E-state index >= 15 is 0 Å². The van der Waals surface area contributed by atoms with Crippen molar-refractivity contribution in [3.8, 4) is 0 Å². The van der Waals surface area contributed by atoms with Crippen molar-refractivity contribution in [1.82, 2.24) is 18.7 Å². The Bertz CT molecular complexity index is 1050. The van der Waals surface area contributed by atoms with Crippen molar-refractivity contribution >= 4 is 17.1 Å². The molecule has 0 saturated heterocycles. The molecule has 3 aromatic rings. The third kappa shape index (κ3) is 2.75. The average Bonchev–Trinajstić information content (AvgIpc) is 3.00. The second kappa shape index (κ2) is 6.39. The molecule has 130 valence electrons. The number of carbonyl (C=O) groups is 1. The molecule has 0 aliphatic heterocycles. The Hall–Kier alpha value is -3.16. The average molecular weight is 341 g/mol. The van der Waals surface area contributed by atoms with Gasteiger partial charge in [-0.1, -0.05) is 37.3 Å². The van der Waals surface area contributed by atoms with Crippen LogP contribution in [-0.4, -0.2) is 24.7 Å². The van der Waals surface area contributed by atoms with Crippen molar-refractivity contribution in [2.24, 2.45) is 7.05 Å². The fraction of sp³-hybridized carbons (Fsp3) is 0.294. The van der Waals surface area contributed by atoms with Crippen LogP contribution >= 0.6 is 0 Å². The Morgan fingerprint density at radius 3 is 2.52 bits per heavy atom. The second-order valence-corrected chi connectivity index (χ2v) is 5.79. The Morgan fingerprint density at radius 1 is 1.24 bits per heavy atom. The first kappa shape index (κ1) is 16.7. The van der Waals surface area contributed by atoms with Crippen LogP contribution < -0.4 is 16.4 Å². The Balaban J connectivity index is 2.28. The molecular weight excluding hydrogens is 324 g/mol. The van der Waals surface area contributed by atoms with Crippen molar-refractivity contribution in [2.75, 3.05) is 0 Å². The second-order valence-electron chi connectivity index (χ2n) is 5.79. The molecule has 0 N–H and O–H groups in total. The molecule has 1 unspecified atom stereocenters. The number of aliphatic carboxylic acids is 1. The lowest BCUT2D eigenvalue weighted by molar-refractivity contribution is -0.310. The monoisotopic (exact) mass is 341 g/mol. The van der Waals surface area contributed by atoms with E-state index in [9.17, 15) is 19.5 Å². The number of nitrogens with zero attached hydrogens (tertiary/aromatic N) is 4. The summed E-state index contributed by atoms with van der Waals surface area (Å²) in [5.74, 6) is -1.39. The minimum absolute atomic E-state index is 0.0556. The van der Waals surface area contributed by atoms with Crippen molar-refractivity contribution < 1.29 is 9.90 Å². The first-order valence-electron chi connectivity index (χ1n) is 7.86. The third-order valence-corrected chi connectivity index (χ3v) is 4.21. The molecule has 1 atom stereocenters. The summed E-state index contributed by atoms with van der Waals surface area (Å²) in [6.07, 6.45) is 1.58. The molecule has 0 saturated carbocycles. The van der Waals surface area contributed by atoms with E-state index in [1.54, 1.807) is 11.5 Å². The van der Waals surface area contributed by atoms with Crippen LogP contribution in [0.15, 0.2) is 46.2 Å². The quantitative estimate of drug-likeness (QED) is 0.631. The molecule has 2 aromatic heterocycles. The van der Waals surface area contributed by atoms with Gasteiger partial charge in [0.2, 0.25) is 0 Å². The highest BCUT2D eigenvalue weighted by Crippen LogP contribution is 2.15. The fourth-order valence-electron chi connectivity index (χ4n) is 2.90. The summed E-state index contributed by atoms with van der Waals surface area (Å²) in [6, 6.07) is 8.27. The highest BCUT2D eigenvalue weighted by atomic mass is 16.4. The van der Waals surface area contributed by atoms with Gasteiger partial charge in [0.05, 0.1) is 18.3 Å². The maximum atomic E-state index is 12.6. The first-order chi connectivity index (χ1) is 12.0. The number of hydrogen-bond acceptors (Lipinski definition) is 5. The van der Waals surface area contributed by atoms with Gasteiger partial charge in [0.25, 0.3) is 5.56 Å². The molecule has 25 heavy (non-hydrogen) atoms. The maximum Gasteiger partial charge on any atom is 0.333 e. The minimum atomic E-state index is -1.39. The molecule has 0 bridgehead atoms. The van der Waals surface area contributed by atoms with Gasteiger partial charge in [0, 0.05) is 13.6 Å². The number of carboxylic acids is 1. The van der Waals surface area contributed by atoms with Gasteiger partial charge < -0.3 is 14.5 Å². The van der Waals surface area contributed by atoms with Gasteiger partial charge in [-0.15, -0.1) is 0 Å². The summed E-state index contributed by atoms with van der Waals surface area (Å²) in [5.41, 5.74) is -0.0457. The maximum absolute atomic E-state index is 12.6. The van der Waals surface area contributed by atoms with Crippen LogP contribution in [0.25, 0.3) is 11.2 Å². The molecule has 0 fully saturated rings. The van der Waals surface area contributed by atoms with Crippen LogP contribution in [0.1, 0.15) is 24.9 Å². The number of hydrogen-bond donors (Lipinski definition) is 0. The summed E-state index contributed by atoms with van der Waals surface area (Å²) >= 11 is 0. The van der Waals surface area contributed by atoms with Crippen LogP contribution in [0.2, 0.25) is 0 Å². The number of imidazole rings is 1. The lowest BCUT2D eigenvalue weighted by Crippen LogP contribution is -2.44. The van der Waals surface area contributed by atoms with Gasteiger partial charge in [-0.2, -0.15) is 0 Å². The molecule has 3 rings (SSSR count). The molecule has 8 nitrogen and oxygen atoms in total. The van der Waals surface area contributed by atoms with Gasteiger partial charge in [0.15, 0.2) is 11.2 Å². The van der Waals surface area contributed by atoms with Crippen LogP contribution in [-0.2, 0) is 18.4 Å². The first-order valence-corrected chi connectivity index (χ1v) is 7.86. The number of carboxylic acid groups (broad SMARTS) is 1. The topological polar surface area (TPSA) is 102 Å². The zero-order valence-corrected chi connectivity index (χ0v) is 13.9. The number of fused-ring (bicyclic) bond motifs is 1. The third-order valence-electron chi connectivity index (χ3n) is 4.21. The number of rotatable bonds is 5. The van der Waals surface area contributed by atoms with E-state index in [4.69, 9.17) is 0 Å². The number of benzene rings is 1. The Labute approximate surface area is 142 Å². The fourth-order valence-corrected chi connectivity index (χ4v) is 2.90. The SMILES string of the molecule is CCC(C(=O)[O-])n1c(=O)n(C)c(=O)c2c1ncn2Cc1ccccc1. The van der Waals surface area contributed by atoms with Gasteiger partial charge >= 0.3 is 5.69 Å². The zero-order valence-electron chi connectivity index (χ0n) is 13.9. The van der Waals surface area contributed by atoms with Gasteiger partial charge in [-0.25, -0.2) is 9.78 Å². The molecule has 2 heterocycles. The van der Waals surface area contributed by atoms with Crippen molar-refractivity contribution in [2.45, 2.75) is 25.9 Å². The predicted molar refractivity (Wildman–Crippen MR) is 89.1 cm³/mol. The molecule has 1 aromatic carbocycles. The molecule has 0 aliphatic rings. The van der Waals surface area contributed by atoms with Crippen LogP contribution in [0, 0.1) is 0 Å². The number of carbonyl (C=O) groups excluding carboxylic acids is 1. The minimum Gasteiger partial charge on any atom is -0.548 e. The van der Waals surface area contributed by atoms with E-state index in [1.807, 2.05) is 30.3 Å². The van der Waals surface area contributed by atoms with Crippen LogP contribution in [0.4, 0.5) is 0 Å². The Morgan fingerprint density at radius 2 is 1.92 bits per heavy atom. The highest BCUT2D eigenvalue weighted by molar-refractivity contribution is 5.75. The van der Waals surface area contributed by atoms with Gasteiger partial charge in [-0.3, -0.25) is 13.9 Å². The summed E-state index contributed by atoms with van der Waals surface area (Å²) in [6.45, 7) is 2.01. The zero-order chi connectivity index (χ0) is 18.1. The highest BCUT2D eigenvalue weighted by Gasteiger charge is 2.22. The molecule has 0 amide bonds. The largest absolute Gasteiger partial charge is 0.548 e. The molecule has 8 heteroatoms. The summed E-state index contributed by atoms with van der Waals surface area (Å²) in [7, 11) is 1.32. The van der Waals surface area contributed by atoms with Crippen molar-refractivity contribution in [1.29, 1.82) is 0 Å². The molecule has 0 spiro atoms. The smallest absolute Gasteiger partial charge is 0.333 e. The van der Waals surface area contributed by atoms with Crippen molar-refractivity contribution in [3.63, 3.8) is 0 Å². The van der Waals surface area contributed by atoms with Crippen molar-refractivity contribution in [3.05, 3.63) is 63.1 Å². The summed E-state index contributed by atoms with van der Waals surface area (Å²) in [5, 5.41) is 11.4.